The molecule has 2 amide bonds. The second-order valence-electron chi connectivity index (χ2n) is 5.51. The zero-order valence-corrected chi connectivity index (χ0v) is 11.2. The van der Waals surface area contributed by atoms with Crippen LogP contribution in [0.4, 0.5) is 4.79 Å². The average Bonchev–Trinajstić information content (AvgIpc) is 2.22. The molecule has 104 valence electrons. The number of hydrogen-bond acceptors (Lipinski definition) is 2. The standard InChI is InChI=1S/C13H24N2O3/c1-9-6-10(2)8-11(7-9)15-13(18)14-5-3-4-12(16)17/h9-11H,3-8H2,1-2H3,(H,16,17)(H2,14,15,18). The number of carboxylic acids is 1. The molecule has 0 bridgehead atoms. The van der Waals surface area contributed by atoms with Crippen LogP contribution in [0, 0.1) is 11.8 Å². The Bertz CT molecular complexity index is 284. The smallest absolute Gasteiger partial charge is 0.315 e. The summed E-state index contributed by atoms with van der Waals surface area (Å²) in [6.07, 6.45) is 3.87. The van der Waals surface area contributed by atoms with Gasteiger partial charge in [0.25, 0.3) is 0 Å². The summed E-state index contributed by atoms with van der Waals surface area (Å²) in [5.74, 6) is 0.490. The minimum Gasteiger partial charge on any atom is -0.481 e. The van der Waals surface area contributed by atoms with E-state index in [2.05, 4.69) is 24.5 Å². The number of urea groups is 1. The molecule has 2 unspecified atom stereocenters. The highest BCUT2D eigenvalue weighted by Gasteiger charge is 2.24. The molecule has 1 aliphatic rings. The molecule has 3 N–H and O–H groups in total. The number of hydrogen-bond donors (Lipinski definition) is 3. The van der Waals surface area contributed by atoms with Gasteiger partial charge in [-0.15, -0.1) is 0 Å². The highest BCUT2D eigenvalue weighted by Crippen LogP contribution is 2.28. The first-order valence-electron chi connectivity index (χ1n) is 6.73. The lowest BCUT2D eigenvalue weighted by atomic mass is 9.80. The van der Waals surface area contributed by atoms with Crippen molar-refractivity contribution >= 4 is 12.0 Å². The van der Waals surface area contributed by atoms with Crippen LogP contribution >= 0.6 is 0 Å². The number of rotatable bonds is 5. The minimum absolute atomic E-state index is 0.0950. The molecule has 0 aromatic heterocycles. The summed E-state index contributed by atoms with van der Waals surface area (Å²) in [7, 11) is 0. The van der Waals surface area contributed by atoms with E-state index in [0.717, 1.165) is 12.8 Å². The molecule has 2 atom stereocenters. The Morgan fingerprint density at radius 2 is 1.78 bits per heavy atom. The van der Waals surface area contributed by atoms with Crippen LogP contribution in [0.3, 0.4) is 0 Å². The van der Waals surface area contributed by atoms with Crippen molar-refractivity contribution in [1.82, 2.24) is 10.6 Å². The number of nitrogens with one attached hydrogen (secondary N) is 2. The molecule has 0 saturated heterocycles. The molecule has 0 spiro atoms. The largest absolute Gasteiger partial charge is 0.481 e. The Kier molecular flexibility index (Phi) is 5.95. The molecule has 1 rings (SSSR count). The molecular formula is C13H24N2O3. The van der Waals surface area contributed by atoms with Crippen molar-refractivity contribution in [2.45, 2.75) is 52.0 Å². The highest BCUT2D eigenvalue weighted by molar-refractivity contribution is 5.74. The van der Waals surface area contributed by atoms with Gasteiger partial charge in [-0.05, 0) is 37.5 Å². The lowest BCUT2D eigenvalue weighted by molar-refractivity contribution is -0.137. The van der Waals surface area contributed by atoms with Gasteiger partial charge in [0.2, 0.25) is 0 Å². The van der Waals surface area contributed by atoms with Crippen molar-refractivity contribution in [3.05, 3.63) is 0 Å². The molecule has 1 fully saturated rings. The van der Waals surface area contributed by atoms with E-state index in [1.165, 1.54) is 6.42 Å². The summed E-state index contributed by atoms with van der Waals surface area (Å²) in [6.45, 7) is 4.85. The van der Waals surface area contributed by atoms with Crippen LogP contribution in [0.15, 0.2) is 0 Å². The summed E-state index contributed by atoms with van der Waals surface area (Å²) in [6, 6.07) is 0.0786. The van der Waals surface area contributed by atoms with Crippen LogP contribution in [0.2, 0.25) is 0 Å². The van der Waals surface area contributed by atoms with Gasteiger partial charge >= 0.3 is 12.0 Å². The van der Waals surface area contributed by atoms with Crippen LogP contribution in [0.1, 0.15) is 46.0 Å². The summed E-state index contributed by atoms with van der Waals surface area (Å²) in [5, 5.41) is 14.1. The van der Waals surface area contributed by atoms with Crippen molar-refractivity contribution < 1.29 is 14.7 Å². The van der Waals surface area contributed by atoms with Crippen LogP contribution in [-0.2, 0) is 4.79 Å². The van der Waals surface area contributed by atoms with Gasteiger partial charge in [-0.25, -0.2) is 4.79 Å². The third-order valence-corrected chi connectivity index (χ3v) is 3.37. The second kappa shape index (κ2) is 7.24. The van der Waals surface area contributed by atoms with E-state index in [1.807, 2.05) is 0 Å². The topological polar surface area (TPSA) is 78.4 Å². The van der Waals surface area contributed by atoms with Crippen LogP contribution < -0.4 is 10.6 Å². The fourth-order valence-corrected chi connectivity index (χ4v) is 2.74. The lowest BCUT2D eigenvalue weighted by Crippen LogP contribution is -2.45. The van der Waals surface area contributed by atoms with E-state index in [0.29, 0.717) is 24.8 Å². The normalized spacial score (nSPS) is 27.6. The van der Waals surface area contributed by atoms with Gasteiger partial charge in [0.15, 0.2) is 0 Å². The predicted octanol–water partition coefficient (Wildman–Crippen LogP) is 1.98. The van der Waals surface area contributed by atoms with Gasteiger partial charge in [0.1, 0.15) is 0 Å². The average molecular weight is 256 g/mol. The van der Waals surface area contributed by atoms with E-state index in [-0.39, 0.29) is 18.5 Å². The van der Waals surface area contributed by atoms with E-state index in [9.17, 15) is 9.59 Å². The fourth-order valence-electron chi connectivity index (χ4n) is 2.74. The maximum absolute atomic E-state index is 11.6. The van der Waals surface area contributed by atoms with Crippen molar-refractivity contribution in [3.63, 3.8) is 0 Å². The number of carboxylic acid groups (broad SMARTS) is 1. The molecule has 0 aromatic carbocycles. The molecular weight excluding hydrogens is 232 g/mol. The highest BCUT2D eigenvalue weighted by atomic mass is 16.4. The Hall–Kier alpha value is -1.26. The monoisotopic (exact) mass is 256 g/mol. The first kappa shape index (κ1) is 14.8. The first-order chi connectivity index (χ1) is 8.47. The Balaban J connectivity index is 2.17. The molecule has 18 heavy (non-hydrogen) atoms. The number of carbonyl (C=O) groups excluding carboxylic acids is 1. The van der Waals surface area contributed by atoms with Crippen molar-refractivity contribution in [2.75, 3.05) is 6.54 Å². The summed E-state index contributed by atoms with van der Waals surface area (Å²) in [5.41, 5.74) is 0. The zero-order valence-electron chi connectivity index (χ0n) is 11.2. The Morgan fingerprint density at radius 1 is 1.17 bits per heavy atom. The summed E-state index contributed by atoms with van der Waals surface area (Å²) < 4.78 is 0. The maximum atomic E-state index is 11.6. The van der Waals surface area contributed by atoms with Crippen LogP contribution in [0.25, 0.3) is 0 Å². The molecule has 0 heterocycles. The summed E-state index contributed by atoms with van der Waals surface area (Å²) >= 11 is 0. The van der Waals surface area contributed by atoms with Gasteiger partial charge in [0.05, 0.1) is 0 Å². The minimum atomic E-state index is -0.827. The molecule has 5 nitrogen and oxygen atoms in total. The van der Waals surface area contributed by atoms with Gasteiger partial charge < -0.3 is 15.7 Å². The molecule has 5 heteroatoms. The third kappa shape index (κ3) is 5.89. The molecule has 1 aliphatic carbocycles. The lowest BCUT2D eigenvalue weighted by Gasteiger charge is -2.31. The molecule has 1 saturated carbocycles. The van der Waals surface area contributed by atoms with Crippen LogP contribution in [-0.4, -0.2) is 29.7 Å². The first-order valence-corrected chi connectivity index (χ1v) is 6.73. The Morgan fingerprint density at radius 3 is 2.33 bits per heavy atom. The van der Waals surface area contributed by atoms with Gasteiger partial charge in [-0.1, -0.05) is 13.8 Å². The SMILES string of the molecule is CC1CC(C)CC(NC(=O)NCCCC(=O)O)C1. The number of carbonyl (C=O) groups is 2. The van der Waals surface area contributed by atoms with Crippen molar-refractivity contribution in [2.24, 2.45) is 11.8 Å². The van der Waals surface area contributed by atoms with Crippen LogP contribution in [0.5, 0.6) is 0 Å². The fraction of sp³-hybridized carbons (Fsp3) is 0.846. The quantitative estimate of drug-likeness (QED) is 0.658. The second-order valence-corrected chi connectivity index (χ2v) is 5.51. The third-order valence-electron chi connectivity index (χ3n) is 3.37. The molecule has 0 radical (unpaired) electrons. The zero-order chi connectivity index (χ0) is 13.5. The molecule has 0 aliphatic heterocycles. The van der Waals surface area contributed by atoms with E-state index in [4.69, 9.17) is 5.11 Å². The Labute approximate surface area is 108 Å². The molecule has 0 aromatic rings. The maximum Gasteiger partial charge on any atom is 0.315 e. The summed E-state index contributed by atoms with van der Waals surface area (Å²) in [4.78, 5) is 21.9. The van der Waals surface area contributed by atoms with Gasteiger partial charge in [0, 0.05) is 19.0 Å². The van der Waals surface area contributed by atoms with Gasteiger partial charge in [-0.2, -0.15) is 0 Å². The number of aliphatic carboxylic acids is 1. The van der Waals surface area contributed by atoms with E-state index in [1.54, 1.807) is 0 Å². The van der Waals surface area contributed by atoms with Crippen molar-refractivity contribution in [3.8, 4) is 0 Å². The van der Waals surface area contributed by atoms with Gasteiger partial charge in [-0.3, -0.25) is 4.79 Å². The predicted molar refractivity (Wildman–Crippen MR) is 69.4 cm³/mol. The number of amides is 2. The van der Waals surface area contributed by atoms with E-state index >= 15 is 0 Å². The van der Waals surface area contributed by atoms with E-state index < -0.39 is 5.97 Å². The van der Waals surface area contributed by atoms with Crippen molar-refractivity contribution in [1.29, 1.82) is 0 Å².